The smallest absolute Gasteiger partial charge is 0.326 e. The van der Waals surface area contributed by atoms with Crippen LogP contribution in [0.2, 0.25) is 0 Å². The lowest BCUT2D eigenvalue weighted by Gasteiger charge is -2.31. The summed E-state index contributed by atoms with van der Waals surface area (Å²) >= 11 is 0. The van der Waals surface area contributed by atoms with Gasteiger partial charge in [-0.2, -0.15) is 8.42 Å². The Morgan fingerprint density at radius 2 is 1.97 bits per heavy atom. The van der Waals surface area contributed by atoms with Gasteiger partial charge in [-0.3, -0.25) is 4.79 Å². The molecule has 2 heterocycles. The van der Waals surface area contributed by atoms with Gasteiger partial charge in [-0.1, -0.05) is 44.2 Å². The van der Waals surface area contributed by atoms with Gasteiger partial charge >= 0.3 is 16.2 Å². The molecule has 1 saturated heterocycles. The van der Waals surface area contributed by atoms with Crippen LogP contribution in [0.15, 0.2) is 36.4 Å². The fourth-order valence-electron chi connectivity index (χ4n) is 4.10. The van der Waals surface area contributed by atoms with Crippen LogP contribution in [0.3, 0.4) is 0 Å². The number of fused-ring (bicyclic) bond motifs is 1. The van der Waals surface area contributed by atoms with E-state index in [1.54, 1.807) is 6.07 Å². The normalized spacial score (nSPS) is 16.7. The summed E-state index contributed by atoms with van der Waals surface area (Å²) in [5, 5.41) is 2.85. The number of hydrogen-bond acceptors (Lipinski definition) is 5. The average molecular weight is 505 g/mol. The monoisotopic (exact) mass is 504 g/mol. The van der Waals surface area contributed by atoms with Crippen LogP contribution >= 0.6 is 0 Å². The molecule has 9 nitrogen and oxygen atoms in total. The Labute approximate surface area is 204 Å². The molecule has 0 unspecified atom stereocenters. The summed E-state index contributed by atoms with van der Waals surface area (Å²) in [5.41, 5.74) is 1.34. The van der Waals surface area contributed by atoms with E-state index < -0.39 is 28.5 Å². The van der Waals surface area contributed by atoms with Crippen molar-refractivity contribution in [1.82, 2.24) is 14.9 Å². The first kappa shape index (κ1) is 24.8. The number of amides is 3. The molecule has 2 aromatic carbocycles. The molecule has 0 spiro atoms. The van der Waals surface area contributed by atoms with Gasteiger partial charge < -0.3 is 15.0 Å². The standard InChI is InChI=1S/C24H29FN4O5S/c1-16(2)8-10-26-24(31)28-11-9-18-12-20(34-15-17-6-4-3-5-7-17)23(22(25)19(18)13-28)29-14-21(30)27-35(29,32)33/h3-7,12,16H,8-11,13-15H2,1-2H3,(H,26,31)(H,27,30). The van der Waals surface area contributed by atoms with E-state index in [4.69, 9.17) is 4.74 Å². The third-order valence-corrected chi connectivity index (χ3v) is 7.37. The predicted octanol–water partition coefficient (Wildman–Crippen LogP) is 2.70. The molecule has 35 heavy (non-hydrogen) atoms. The minimum Gasteiger partial charge on any atom is -0.487 e. The van der Waals surface area contributed by atoms with Crippen LogP contribution in [0.25, 0.3) is 0 Å². The van der Waals surface area contributed by atoms with Gasteiger partial charge in [0.15, 0.2) is 5.82 Å². The molecule has 0 atom stereocenters. The van der Waals surface area contributed by atoms with Crippen molar-refractivity contribution in [2.75, 3.05) is 23.9 Å². The summed E-state index contributed by atoms with van der Waals surface area (Å²) in [7, 11) is -4.27. The number of urea groups is 1. The largest absolute Gasteiger partial charge is 0.487 e. The fourth-order valence-corrected chi connectivity index (χ4v) is 5.26. The van der Waals surface area contributed by atoms with Crippen LogP contribution in [-0.4, -0.2) is 44.9 Å². The fraction of sp³-hybridized carbons (Fsp3) is 0.417. The predicted molar refractivity (Wildman–Crippen MR) is 129 cm³/mol. The molecule has 2 aromatic rings. The van der Waals surface area contributed by atoms with Gasteiger partial charge in [0.05, 0.1) is 6.54 Å². The summed E-state index contributed by atoms with van der Waals surface area (Å²) in [4.78, 5) is 26.0. The number of halogens is 1. The van der Waals surface area contributed by atoms with Gasteiger partial charge in [0.25, 0.3) is 5.91 Å². The van der Waals surface area contributed by atoms with Crippen LogP contribution in [-0.2, 0) is 34.6 Å². The number of carbonyl (C=O) groups excluding carboxylic acids is 2. The Morgan fingerprint density at radius 1 is 1.23 bits per heavy atom. The molecule has 188 valence electrons. The van der Waals surface area contributed by atoms with Crippen molar-refractivity contribution in [2.45, 2.75) is 39.8 Å². The van der Waals surface area contributed by atoms with Crippen molar-refractivity contribution in [1.29, 1.82) is 0 Å². The van der Waals surface area contributed by atoms with Crippen LogP contribution in [0, 0.1) is 11.7 Å². The molecule has 0 radical (unpaired) electrons. The van der Waals surface area contributed by atoms with Gasteiger partial charge in [0.2, 0.25) is 0 Å². The molecular formula is C24H29FN4O5S. The quantitative estimate of drug-likeness (QED) is 0.603. The topological polar surface area (TPSA) is 108 Å². The van der Waals surface area contributed by atoms with E-state index in [-0.39, 0.29) is 36.2 Å². The van der Waals surface area contributed by atoms with Crippen LogP contribution in [0.4, 0.5) is 14.9 Å². The average Bonchev–Trinajstić information content (AvgIpc) is 3.09. The van der Waals surface area contributed by atoms with Gasteiger partial charge in [0, 0.05) is 18.7 Å². The number of rotatable bonds is 7. The first-order valence-electron chi connectivity index (χ1n) is 11.5. The molecule has 2 N–H and O–H groups in total. The molecule has 0 aliphatic carbocycles. The van der Waals surface area contributed by atoms with Crippen molar-refractivity contribution in [2.24, 2.45) is 5.92 Å². The highest BCUT2D eigenvalue weighted by Gasteiger charge is 2.39. The minimum absolute atomic E-state index is 0.0179. The summed E-state index contributed by atoms with van der Waals surface area (Å²) in [6, 6.07) is 10.5. The maximum Gasteiger partial charge on any atom is 0.326 e. The second-order valence-corrected chi connectivity index (χ2v) is 10.7. The lowest BCUT2D eigenvalue weighted by Crippen LogP contribution is -2.43. The Bertz CT molecular complexity index is 1220. The van der Waals surface area contributed by atoms with Crippen LogP contribution in [0.1, 0.15) is 37.0 Å². The Hall–Kier alpha value is -3.34. The summed E-state index contributed by atoms with van der Waals surface area (Å²) < 4.78 is 49.5. The molecule has 0 bridgehead atoms. The number of carbonyl (C=O) groups is 2. The minimum atomic E-state index is -4.27. The van der Waals surface area contributed by atoms with E-state index in [1.165, 1.54) is 4.90 Å². The molecule has 2 aliphatic rings. The maximum absolute atomic E-state index is 16.0. The first-order valence-corrected chi connectivity index (χ1v) is 13.0. The van der Waals surface area contributed by atoms with Crippen molar-refractivity contribution in [3.8, 4) is 5.75 Å². The van der Waals surface area contributed by atoms with E-state index in [2.05, 4.69) is 19.2 Å². The van der Waals surface area contributed by atoms with E-state index in [9.17, 15) is 18.0 Å². The number of anilines is 1. The first-order chi connectivity index (χ1) is 16.7. The zero-order valence-corrected chi connectivity index (χ0v) is 20.5. The number of nitrogens with one attached hydrogen (secondary N) is 2. The zero-order chi connectivity index (χ0) is 25.2. The zero-order valence-electron chi connectivity index (χ0n) is 19.7. The third kappa shape index (κ3) is 5.50. The highest BCUT2D eigenvalue weighted by atomic mass is 32.2. The van der Waals surface area contributed by atoms with Crippen LogP contribution < -0.4 is 19.1 Å². The molecule has 0 saturated carbocycles. The van der Waals surface area contributed by atoms with Gasteiger partial charge in [-0.05, 0) is 36.0 Å². The SMILES string of the molecule is CC(C)CCNC(=O)N1CCc2cc(OCc3ccccc3)c(N3CC(=O)NS3(=O)=O)c(F)c2C1. The number of hydrogen-bond donors (Lipinski definition) is 2. The second kappa shape index (κ2) is 10.1. The van der Waals surface area contributed by atoms with Gasteiger partial charge in [0.1, 0.15) is 24.6 Å². The van der Waals surface area contributed by atoms with Crippen molar-refractivity contribution in [3.63, 3.8) is 0 Å². The molecular weight excluding hydrogens is 475 g/mol. The Balaban J connectivity index is 1.66. The van der Waals surface area contributed by atoms with Crippen molar-refractivity contribution >= 4 is 27.8 Å². The van der Waals surface area contributed by atoms with E-state index in [1.807, 2.05) is 35.1 Å². The maximum atomic E-state index is 16.0. The Kier molecular flexibility index (Phi) is 7.15. The molecule has 4 rings (SSSR count). The summed E-state index contributed by atoms with van der Waals surface area (Å²) in [5.74, 6) is -1.11. The Morgan fingerprint density at radius 3 is 2.63 bits per heavy atom. The molecule has 1 fully saturated rings. The second-order valence-electron chi connectivity index (χ2n) is 9.07. The van der Waals surface area contributed by atoms with Crippen molar-refractivity contribution < 1.29 is 27.1 Å². The third-order valence-electron chi connectivity index (χ3n) is 5.99. The summed E-state index contributed by atoms with van der Waals surface area (Å²) in [6.45, 7) is 4.53. The van der Waals surface area contributed by atoms with E-state index >= 15 is 4.39 Å². The highest BCUT2D eigenvalue weighted by molar-refractivity contribution is 7.92. The van der Waals surface area contributed by atoms with Crippen LogP contribution in [0.5, 0.6) is 5.75 Å². The molecule has 2 aliphatic heterocycles. The number of benzene rings is 2. The van der Waals surface area contributed by atoms with Gasteiger partial charge in [-0.15, -0.1) is 0 Å². The number of nitrogens with zero attached hydrogens (tertiary/aromatic N) is 2. The number of ether oxygens (including phenoxy) is 1. The lowest BCUT2D eigenvalue weighted by molar-refractivity contribution is -0.117. The van der Waals surface area contributed by atoms with E-state index in [0.717, 1.165) is 12.0 Å². The highest BCUT2D eigenvalue weighted by Crippen LogP contribution is 2.40. The van der Waals surface area contributed by atoms with Gasteiger partial charge in [-0.25, -0.2) is 18.2 Å². The van der Waals surface area contributed by atoms with Crippen molar-refractivity contribution in [3.05, 3.63) is 58.9 Å². The van der Waals surface area contributed by atoms with E-state index in [0.29, 0.717) is 35.3 Å². The molecule has 0 aromatic heterocycles. The molecule has 11 heteroatoms. The summed E-state index contributed by atoms with van der Waals surface area (Å²) in [6.07, 6.45) is 1.21. The lowest BCUT2D eigenvalue weighted by atomic mass is 9.97. The molecule has 3 amide bonds.